The predicted molar refractivity (Wildman–Crippen MR) is 157 cm³/mol. The number of alkyl halides is 3. The van der Waals surface area contributed by atoms with Crippen molar-refractivity contribution in [1.82, 2.24) is 25.4 Å². The average molecular weight is 683 g/mol. The molecule has 45 heavy (non-hydrogen) atoms. The topological polar surface area (TPSA) is 169 Å². The van der Waals surface area contributed by atoms with Gasteiger partial charge in [-0.05, 0) is 46.5 Å². The molecule has 0 saturated carbocycles. The lowest BCUT2D eigenvalue weighted by atomic mass is 10.0. The lowest BCUT2D eigenvalue weighted by Crippen LogP contribution is -2.32. The monoisotopic (exact) mass is 682 g/mol. The molecule has 2 unspecified atom stereocenters. The van der Waals surface area contributed by atoms with Gasteiger partial charge >= 0.3 is 6.36 Å². The molecule has 0 aliphatic rings. The van der Waals surface area contributed by atoms with Gasteiger partial charge in [0.2, 0.25) is 11.8 Å². The minimum atomic E-state index is -4.90. The maximum absolute atomic E-state index is 13.9. The fraction of sp³-hybridized carbons (Fsp3) is 0.222. The van der Waals surface area contributed by atoms with E-state index in [1.165, 1.54) is 12.1 Å². The van der Waals surface area contributed by atoms with E-state index >= 15 is 0 Å². The maximum Gasteiger partial charge on any atom is 0.573 e. The molecule has 0 saturated heterocycles. The van der Waals surface area contributed by atoms with Crippen LogP contribution < -0.4 is 15.0 Å². The number of nitrogens with one attached hydrogen (secondary N) is 2. The first-order valence-electron chi connectivity index (χ1n) is 12.9. The van der Waals surface area contributed by atoms with Crippen LogP contribution in [-0.2, 0) is 44.7 Å². The summed E-state index contributed by atoms with van der Waals surface area (Å²) in [5.74, 6) is -1.54. The Hall–Kier alpha value is -3.78. The number of aromatic nitrogens is 3. The molecule has 5 aromatic rings. The number of hydrogen-bond acceptors (Lipinski definition) is 12. The second-order valence-electron chi connectivity index (χ2n) is 9.47. The zero-order chi connectivity index (χ0) is 32.2. The Kier molecular flexibility index (Phi) is 9.92. The Morgan fingerprint density at radius 1 is 1.02 bits per heavy atom. The number of ether oxygens (including phenoxy) is 2. The number of hydrazine groups is 1. The normalized spacial score (nSPS) is 13.6. The first-order valence-corrected chi connectivity index (χ1v) is 16.5. The van der Waals surface area contributed by atoms with Crippen LogP contribution in [0.1, 0.15) is 33.2 Å². The molecule has 0 amide bonds. The van der Waals surface area contributed by atoms with Crippen LogP contribution in [0.4, 0.5) is 13.2 Å². The van der Waals surface area contributed by atoms with Crippen LogP contribution >= 0.6 is 11.3 Å². The van der Waals surface area contributed by atoms with Gasteiger partial charge in [-0.15, -0.1) is 34.7 Å². The van der Waals surface area contributed by atoms with Crippen molar-refractivity contribution in [3.05, 3.63) is 94.6 Å². The highest BCUT2D eigenvalue weighted by molar-refractivity contribution is 7.91. The van der Waals surface area contributed by atoms with Crippen LogP contribution in [0, 0.1) is 0 Å². The second kappa shape index (κ2) is 13.7. The smallest absolute Gasteiger partial charge is 0.573 e. The van der Waals surface area contributed by atoms with E-state index in [-0.39, 0.29) is 28.9 Å². The third kappa shape index (κ3) is 8.48. The molecule has 2 N–H and O–H groups in total. The van der Waals surface area contributed by atoms with E-state index in [1.807, 2.05) is 41.2 Å². The van der Waals surface area contributed by atoms with Crippen LogP contribution in [0.3, 0.4) is 0 Å². The summed E-state index contributed by atoms with van der Waals surface area (Å²) in [4.78, 5) is 6.48. The summed E-state index contributed by atoms with van der Waals surface area (Å²) in [6, 6.07) is 17.7. The third-order valence-electron chi connectivity index (χ3n) is 6.21. The molecule has 3 aromatic carbocycles. The van der Waals surface area contributed by atoms with E-state index in [0.717, 1.165) is 40.2 Å². The molecule has 0 bridgehead atoms. The number of thiazole rings is 1. The summed E-state index contributed by atoms with van der Waals surface area (Å²) in [5.41, 5.74) is 5.83. The Labute approximate surface area is 260 Å². The number of benzene rings is 3. The molecule has 2 heterocycles. The molecular formula is C27H23F3N5O7S3-. The van der Waals surface area contributed by atoms with Crippen molar-refractivity contribution < 1.29 is 44.2 Å². The second-order valence-corrected chi connectivity index (χ2v) is 13.3. The first-order chi connectivity index (χ1) is 21.4. The highest BCUT2D eigenvalue weighted by atomic mass is 32.2. The minimum absolute atomic E-state index is 0.114. The summed E-state index contributed by atoms with van der Waals surface area (Å²) >= 11 is -1.52. The molecule has 12 nitrogen and oxygen atoms in total. The Morgan fingerprint density at radius 3 is 2.38 bits per heavy atom. The van der Waals surface area contributed by atoms with Gasteiger partial charge in [0.1, 0.15) is 10.8 Å². The maximum atomic E-state index is 13.9. The molecule has 238 valence electrons. The van der Waals surface area contributed by atoms with E-state index in [2.05, 4.69) is 25.3 Å². The fourth-order valence-electron chi connectivity index (χ4n) is 4.32. The number of hydrogen-bond donors (Lipinski definition) is 2. The first kappa shape index (κ1) is 32.6. The van der Waals surface area contributed by atoms with E-state index in [1.54, 1.807) is 13.2 Å². The summed E-state index contributed by atoms with van der Waals surface area (Å²) in [6.07, 6.45) is -4.90. The van der Waals surface area contributed by atoms with Crippen molar-refractivity contribution in [3.8, 4) is 16.9 Å². The molecule has 0 aliphatic carbocycles. The summed E-state index contributed by atoms with van der Waals surface area (Å²) in [7, 11) is -2.62. The van der Waals surface area contributed by atoms with Gasteiger partial charge in [0.25, 0.3) is 0 Å². The van der Waals surface area contributed by atoms with Crippen LogP contribution in [0.25, 0.3) is 21.3 Å². The van der Waals surface area contributed by atoms with Gasteiger partial charge < -0.3 is 18.4 Å². The van der Waals surface area contributed by atoms with Gasteiger partial charge in [0.05, 0.1) is 29.1 Å². The fourth-order valence-corrected chi connectivity index (χ4v) is 7.67. The summed E-state index contributed by atoms with van der Waals surface area (Å²) in [5, 5.41) is 6.30. The minimum Gasteiger partial charge on any atom is -0.759 e. The van der Waals surface area contributed by atoms with Crippen molar-refractivity contribution in [2.45, 2.75) is 30.5 Å². The van der Waals surface area contributed by atoms with E-state index in [9.17, 15) is 30.4 Å². The zero-order valence-electron chi connectivity index (χ0n) is 23.1. The van der Waals surface area contributed by atoms with E-state index in [4.69, 9.17) is 9.15 Å². The van der Waals surface area contributed by atoms with E-state index in [0.29, 0.717) is 16.8 Å². The van der Waals surface area contributed by atoms with Crippen LogP contribution in [0.5, 0.6) is 5.75 Å². The SMILES string of the molecule is COCc1ccc(-c2ccc3nc(C(c4nnc(CNNS(=O)[O-])o4)S(=O)(=O)Cc4ccc(OC(F)(F)F)cc4)sc3c2)cc1. The van der Waals surface area contributed by atoms with Gasteiger partial charge in [0, 0.05) is 18.4 Å². The van der Waals surface area contributed by atoms with Crippen LogP contribution in [0.15, 0.2) is 71.1 Å². The molecule has 0 fully saturated rings. The highest BCUT2D eigenvalue weighted by Crippen LogP contribution is 2.38. The van der Waals surface area contributed by atoms with Crippen molar-refractivity contribution in [1.29, 1.82) is 0 Å². The van der Waals surface area contributed by atoms with Gasteiger partial charge in [-0.1, -0.05) is 42.5 Å². The Morgan fingerprint density at radius 2 is 1.71 bits per heavy atom. The molecule has 2 atom stereocenters. The molecule has 2 aromatic heterocycles. The summed E-state index contributed by atoms with van der Waals surface area (Å²) in [6.45, 7) is 0.224. The number of rotatable bonds is 13. The predicted octanol–water partition coefficient (Wildman–Crippen LogP) is 4.48. The zero-order valence-corrected chi connectivity index (χ0v) is 25.6. The standard InChI is InChI=1S/C27H24F3N5O7S3/c1-40-14-16-2-6-18(7-3-16)19-8-11-21-22(12-19)43-26(32-21)24(25-34-33-23(41-25)13-31-35-44(36)37)45(38,39)15-17-4-9-20(10-5-17)42-27(28,29)30/h2-12,24,31,35H,13-15H2,1H3,(H,36,37)/p-1. The molecule has 0 radical (unpaired) electrons. The van der Waals surface area contributed by atoms with E-state index < -0.39 is 44.2 Å². The van der Waals surface area contributed by atoms with Crippen LogP contribution in [0.2, 0.25) is 0 Å². The van der Waals surface area contributed by atoms with Crippen molar-refractivity contribution in [2.75, 3.05) is 7.11 Å². The quantitative estimate of drug-likeness (QED) is 0.133. The number of halogens is 3. The Balaban J connectivity index is 1.48. The van der Waals surface area contributed by atoms with Crippen molar-refractivity contribution in [2.24, 2.45) is 0 Å². The summed E-state index contributed by atoms with van der Waals surface area (Å²) < 4.78 is 102. The number of fused-ring (bicyclic) bond motifs is 1. The molecule has 5 rings (SSSR count). The van der Waals surface area contributed by atoms with Gasteiger partial charge in [0.15, 0.2) is 15.1 Å². The number of nitrogens with zero attached hydrogens (tertiary/aromatic N) is 3. The highest BCUT2D eigenvalue weighted by Gasteiger charge is 2.37. The lowest BCUT2D eigenvalue weighted by Gasteiger charge is -2.13. The molecule has 0 aliphatic heterocycles. The van der Waals surface area contributed by atoms with Gasteiger partial charge in [-0.25, -0.2) is 18.8 Å². The van der Waals surface area contributed by atoms with Crippen molar-refractivity contribution in [3.63, 3.8) is 0 Å². The average Bonchev–Trinajstić information content (AvgIpc) is 3.60. The number of sulfone groups is 1. The molecule has 18 heteroatoms. The third-order valence-corrected chi connectivity index (χ3v) is 9.64. The molecular weight excluding hydrogens is 660 g/mol. The Bertz CT molecular complexity index is 1900. The molecule has 0 spiro atoms. The van der Waals surface area contributed by atoms with Crippen LogP contribution in [-0.4, -0.2) is 45.8 Å². The van der Waals surface area contributed by atoms with Gasteiger partial charge in [-0.2, -0.15) is 4.83 Å². The van der Waals surface area contributed by atoms with Crippen molar-refractivity contribution >= 4 is 42.7 Å². The van der Waals surface area contributed by atoms with Gasteiger partial charge in [-0.3, -0.25) is 4.21 Å². The lowest BCUT2D eigenvalue weighted by molar-refractivity contribution is -0.274. The number of methoxy groups -OCH3 is 1. The largest absolute Gasteiger partial charge is 0.759 e.